The summed E-state index contributed by atoms with van der Waals surface area (Å²) in [5.74, 6) is 4.82. The van der Waals surface area contributed by atoms with E-state index in [4.69, 9.17) is 66.3 Å². The predicted octanol–water partition coefficient (Wildman–Crippen LogP) is 11.8. The summed E-state index contributed by atoms with van der Waals surface area (Å²) in [5, 5.41) is 0. The SMILES string of the molecule is CC(C)(C1CCC(OCC2CC2)CC1)C1CCC(OCC2CO2)CC1.CC(C)(c1ccc(OCC2CO2)cc1)c1ccc(OCC2CO2)cc1.O=C(CC(=O)OCC1CCC2OC2C1)OCC1CCC2OC2C1.O=C(OCC1CCC2OC2C1)C1CCC2OC2C1. The van der Waals surface area contributed by atoms with E-state index in [2.05, 4.69) is 52.0 Å². The standard InChI is InChI=1S/C22H38O3.C21H24O4.C17H24O6.C14H20O4/c1-22(2,17-5-9-19(10-6-17)23-13-16-3-4-16)18-7-11-20(12-8-18)24-14-21-15-25-21;1-21(2,15-3-7-17(8-4-15)22-11-19-13-24-19)16-5-9-18(10-6-16)23-12-20-14-25-20;18-16(20-8-10-1-3-12-14(5-10)22-12)7-17(19)21-9-11-2-4-13-15(6-11)23-13;15-14(9-2-4-11-13(6-9)18-11)16-7-8-1-3-10-12(5-8)17-10/h16-21H,3-15H2,1-2H3;3-10,19-20H,11-14H2,1-2H3;10-15H,1-9H2;8-13H,1-7H2. The largest absolute Gasteiger partial charge is 0.491 e. The molecule has 0 radical (unpaired) electrons. The van der Waals surface area contributed by atoms with Gasteiger partial charge >= 0.3 is 17.9 Å². The molecule has 2 aromatic carbocycles. The van der Waals surface area contributed by atoms with Gasteiger partial charge in [-0.3, -0.25) is 14.4 Å². The molecule has 0 bridgehead atoms. The van der Waals surface area contributed by atoms with Crippen LogP contribution in [0, 0.1) is 46.8 Å². The van der Waals surface area contributed by atoms with Gasteiger partial charge in [-0.25, -0.2) is 0 Å². The second-order valence-electron chi connectivity index (χ2n) is 30.6. The van der Waals surface area contributed by atoms with Crippen LogP contribution in [0.3, 0.4) is 0 Å². The van der Waals surface area contributed by atoms with E-state index >= 15 is 0 Å². The number of hydrogen-bond acceptors (Lipinski definition) is 17. The van der Waals surface area contributed by atoms with Crippen LogP contribution >= 0.6 is 0 Å². The van der Waals surface area contributed by atoms with Crippen LogP contribution in [0.5, 0.6) is 11.5 Å². The number of ether oxygens (including phenoxy) is 14. The van der Waals surface area contributed by atoms with Crippen molar-refractivity contribution in [2.75, 3.05) is 66.1 Å². The molecule has 504 valence electrons. The average Bonchev–Trinajstić information content (AvgIpc) is 1.78. The molecule has 91 heavy (non-hydrogen) atoms. The van der Waals surface area contributed by atoms with Crippen molar-refractivity contribution in [2.45, 2.75) is 260 Å². The Morgan fingerprint density at radius 2 is 0.769 bits per heavy atom. The third-order valence-corrected chi connectivity index (χ3v) is 22.9. The second-order valence-corrected chi connectivity index (χ2v) is 30.6. The molecule has 7 heterocycles. The summed E-state index contributed by atoms with van der Waals surface area (Å²) in [6.45, 7) is 16.6. The van der Waals surface area contributed by atoms with Gasteiger partial charge in [0.25, 0.3) is 0 Å². The van der Waals surface area contributed by atoms with Gasteiger partial charge in [-0.15, -0.1) is 0 Å². The summed E-state index contributed by atoms with van der Waals surface area (Å²) < 4.78 is 77.0. The monoisotopic (exact) mass is 1270 g/mol. The molecular formula is C74H106O17. The highest BCUT2D eigenvalue weighted by Crippen LogP contribution is 2.50. The van der Waals surface area contributed by atoms with E-state index < -0.39 is 11.9 Å². The van der Waals surface area contributed by atoms with E-state index in [-0.39, 0.29) is 35.9 Å². The maximum atomic E-state index is 12.0. The molecule has 0 aromatic heterocycles. The molecule has 0 spiro atoms. The number of benzene rings is 2. The van der Waals surface area contributed by atoms with Crippen LogP contribution < -0.4 is 9.47 Å². The van der Waals surface area contributed by atoms with Gasteiger partial charge in [0.1, 0.15) is 49.4 Å². The molecule has 0 amide bonds. The van der Waals surface area contributed by atoms with E-state index in [1.807, 2.05) is 24.3 Å². The Kier molecular flexibility index (Phi) is 21.7. The molecule has 7 aliphatic carbocycles. The zero-order chi connectivity index (χ0) is 62.5. The van der Waals surface area contributed by atoms with Crippen LogP contribution in [-0.4, -0.2) is 163 Å². The van der Waals surface area contributed by atoms with Gasteiger partial charge in [-0.05, 0) is 218 Å². The van der Waals surface area contributed by atoms with Crippen LogP contribution in [0.25, 0.3) is 0 Å². The number of fused-ring (bicyclic) bond motifs is 4. The van der Waals surface area contributed by atoms with Crippen LogP contribution in [-0.2, 0) is 76.6 Å². The topological polar surface area (TPSA) is 204 Å². The quantitative estimate of drug-likeness (QED) is 0.0392. The lowest BCUT2D eigenvalue weighted by Crippen LogP contribution is -2.39. The van der Waals surface area contributed by atoms with Crippen LogP contribution in [0.15, 0.2) is 48.5 Å². The Morgan fingerprint density at radius 1 is 0.396 bits per heavy atom. The Hall–Kier alpha value is -3.91. The number of carbonyl (C=O) groups excluding carboxylic acids is 3. The van der Waals surface area contributed by atoms with Gasteiger partial charge in [-0.1, -0.05) is 52.0 Å². The van der Waals surface area contributed by atoms with E-state index in [1.165, 1.54) is 75.3 Å². The molecule has 2 aromatic rings. The lowest BCUT2D eigenvalue weighted by atomic mass is 9.60. The van der Waals surface area contributed by atoms with E-state index in [0.717, 1.165) is 139 Å². The smallest absolute Gasteiger partial charge is 0.317 e. The molecule has 7 aliphatic heterocycles. The van der Waals surface area contributed by atoms with Gasteiger partial charge in [0, 0.05) is 12.0 Å². The Bertz CT molecular complexity index is 2510. The van der Waals surface area contributed by atoms with Crippen molar-refractivity contribution in [3.05, 3.63) is 59.7 Å². The van der Waals surface area contributed by atoms with Gasteiger partial charge in [0.15, 0.2) is 0 Å². The summed E-state index contributed by atoms with van der Waals surface area (Å²) in [6.07, 6.45) is 30.9. The zero-order valence-electron chi connectivity index (χ0n) is 54.9. The maximum absolute atomic E-state index is 12.0. The first kappa shape index (κ1) is 65.7. The van der Waals surface area contributed by atoms with Crippen molar-refractivity contribution in [2.24, 2.45) is 46.8 Å². The van der Waals surface area contributed by atoms with E-state index in [9.17, 15) is 14.4 Å². The molecule has 0 N–H and O–H groups in total. The fourth-order valence-electron chi connectivity index (χ4n) is 15.5. The van der Waals surface area contributed by atoms with E-state index in [1.54, 1.807) is 0 Å². The highest BCUT2D eigenvalue weighted by molar-refractivity contribution is 5.91. The highest BCUT2D eigenvalue weighted by Gasteiger charge is 2.49. The number of rotatable bonds is 25. The van der Waals surface area contributed by atoms with Crippen molar-refractivity contribution < 1.29 is 80.7 Å². The molecule has 15 atom stereocenters. The Morgan fingerprint density at radius 3 is 1.16 bits per heavy atom. The second kappa shape index (κ2) is 30.0. The first-order chi connectivity index (χ1) is 44.2. The van der Waals surface area contributed by atoms with Gasteiger partial charge in [0.05, 0.1) is 113 Å². The summed E-state index contributed by atoms with van der Waals surface area (Å²) >= 11 is 0. The third-order valence-electron chi connectivity index (χ3n) is 22.9. The van der Waals surface area contributed by atoms with Crippen LogP contribution in [0.1, 0.15) is 187 Å². The summed E-state index contributed by atoms with van der Waals surface area (Å²) in [4.78, 5) is 35.4. The van der Waals surface area contributed by atoms with Gasteiger partial charge in [0.2, 0.25) is 0 Å². The van der Waals surface area contributed by atoms with Crippen molar-refractivity contribution >= 4 is 17.9 Å². The molecule has 14 fully saturated rings. The summed E-state index contributed by atoms with van der Waals surface area (Å²) in [5.41, 5.74) is 2.90. The van der Waals surface area contributed by atoms with Crippen molar-refractivity contribution in [3.8, 4) is 11.5 Å². The van der Waals surface area contributed by atoms with Crippen LogP contribution in [0.2, 0.25) is 0 Å². The van der Waals surface area contributed by atoms with Crippen molar-refractivity contribution in [3.63, 3.8) is 0 Å². The third kappa shape index (κ3) is 19.9. The Labute approximate surface area is 540 Å². The molecule has 16 rings (SSSR count). The fraction of sp³-hybridized carbons (Fsp3) is 0.797. The normalized spacial score (nSPS) is 36.7. The lowest BCUT2D eigenvalue weighted by molar-refractivity contribution is -0.156. The first-order valence-electron chi connectivity index (χ1n) is 35.8. The Balaban J connectivity index is 0.000000112. The molecule has 15 unspecified atom stereocenters. The maximum Gasteiger partial charge on any atom is 0.317 e. The minimum Gasteiger partial charge on any atom is -0.491 e. The molecule has 17 heteroatoms. The fourth-order valence-corrected chi connectivity index (χ4v) is 15.5. The van der Waals surface area contributed by atoms with Crippen molar-refractivity contribution in [1.29, 1.82) is 0 Å². The minimum atomic E-state index is -0.483. The predicted molar refractivity (Wildman–Crippen MR) is 337 cm³/mol. The van der Waals surface area contributed by atoms with Gasteiger partial charge in [-0.2, -0.15) is 0 Å². The molecule has 17 nitrogen and oxygen atoms in total. The summed E-state index contributed by atoms with van der Waals surface area (Å²) in [6, 6.07) is 16.7. The lowest BCUT2D eigenvalue weighted by Gasteiger charge is -2.46. The number of hydrogen-bond donors (Lipinski definition) is 0. The highest BCUT2D eigenvalue weighted by atomic mass is 16.6. The molecule has 7 saturated heterocycles. The van der Waals surface area contributed by atoms with Crippen LogP contribution in [0.4, 0.5) is 0 Å². The molecule has 7 saturated carbocycles. The molecular weight excluding hydrogens is 1160 g/mol. The summed E-state index contributed by atoms with van der Waals surface area (Å²) in [7, 11) is 0. The number of esters is 3. The zero-order valence-corrected chi connectivity index (χ0v) is 54.9. The van der Waals surface area contributed by atoms with E-state index in [0.29, 0.717) is 123 Å². The first-order valence-corrected chi connectivity index (χ1v) is 35.8. The minimum absolute atomic E-state index is 0.00258. The van der Waals surface area contributed by atoms with Gasteiger partial charge < -0.3 is 66.3 Å². The number of carbonyl (C=O) groups is 3. The number of epoxide rings is 7. The molecule has 14 aliphatic rings. The van der Waals surface area contributed by atoms with Crippen molar-refractivity contribution in [1.82, 2.24) is 0 Å². The average molecular weight is 1270 g/mol.